The number of nitrogens with one attached hydrogen (secondary N) is 1. The lowest BCUT2D eigenvalue weighted by atomic mass is 10.2. The van der Waals surface area contributed by atoms with E-state index in [1.165, 1.54) is 11.8 Å². The van der Waals surface area contributed by atoms with Gasteiger partial charge >= 0.3 is 0 Å². The Hall–Kier alpha value is -1.28. The van der Waals surface area contributed by atoms with Crippen molar-refractivity contribution in [2.75, 3.05) is 26.0 Å². The quantitative estimate of drug-likeness (QED) is 0.452. The van der Waals surface area contributed by atoms with Crippen LogP contribution < -0.4 is 5.32 Å². The highest BCUT2D eigenvalue weighted by atomic mass is 35.5. The number of nitrogens with zero attached hydrogens (tertiary/aromatic N) is 3. The van der Waals surface area contributed by atoms with Gasteiger partial charge in [-0.2, -0.15) is 0 Å². The number of rotatable bonds is 10. The molecule has 2 aromatic rings. The normalized spacial score (nSPS) is 11.2. The van der Waals surface area contributed by atoms with Gasteiger partial charge in [-0.05, 0) is 30.5 Å². The van der Waals surface area contributed by atoms with Crippen molar-refractivity contribution in [3.63, 3.8) is 0 Å². The topological polar surface area (TPSA) is 69.0 Å². The van der Waals surface area contributed by atoms with Gasteiger partial charge in [0, 0.05) is 37.4 Å². The maximum atomic E-state index is 12.0. The second-order valence-electron chi connectivity index (χ2n) is 6.42. The maximum absolute atomic E-state index is 12.0. The van der Waals surface area contributed by atoms with E-state index in [9.17, 15) is 4.79 Å². The van der Waals surface area contributed by atoms with Crippen LogP contribution in [0.4, 0.5) is 0 Å². The zero-order chi connectivity index (χ0) is 19.8. The van der Waals surface area contributed by atoms with Gasteiger partial charge in [-0.25, -0.2) is 0 Å². The van der Waals surface area contributed by atoms with Crippen molar-refractivity contribution < 1.29 is 9.53 Å². The Morgan fingerprint density at radius 1 is 1.33 bits per heavy atom. The molecule has 0 saturated heterocycles. The number of hydrogen-bond acceptors (Lipinski definition) is 5. The molecule has 9 heteroatoms. The Labute approximate surface area is 174 Å². The number of thioether (sulfide) groups is 1. The minimum absolute atomic E-state index is 0.0405. The Balaban J connectivity index is 2.12. The zero-order valence-corrected chi connectivity index (χ0v) is 18.0. The molecule has 148 valence electrons. The van der Waals surface area contributed by atoms with Crippen LogP contribution in [0.15, 0.2) is 23.4 Å². The first-order valence-corrected chi connectivity index (χ1v) is 10.4. The molecule has 1 amide bonds. The molecule has 0 saturated carbocycles. The van der Waals surface area contributed by atoms with Crippen molar-refractivity contribution in [1.29, 1.82) is 0 Å². The van der Waals surface area contributed by atoms with Crippen LogP contribution in [0.2, 0.25) is 10.0 Å². The molecule has 0 unspecified atom stereocenters. The monoisotopic (exact) mass is 430 g/mol. The fourth-order valence-electron chi connectivity index (χ4n) is 2.42. The molecule has 0 aliphatic heterocycles. The number of amides is 1. The summed E-state index contributed by atoms with van der Waals surface area (Å²) in [7, 11) is 1.64. The van der Waals surface area contributed by atoms with Gasteiger partial charge in [0.1, 0.15) is 0 Å². The minimum Gasteiger partial charge on any atom is -0.385 e. The molecule has 6 nitrogen and oxygen atoms in total. The van der Waals surface area contributed by atoms with E-state index in [1.54, 1.807) is 19.2 Å². The smallest absolute Gasteiger partial charge is 0.230 e. The Morgan fingerprint density at radius 3 is 2.78 bits per heavy atom. The summed E-state index contributed by atoms with van der Waals surface area (Å²) in [5.74, 6) is 1.29. The Kier molecular flexibility index (Phi) is 8.89. The van der Waals surface area contributed by atoms with Gasteiger partial charge in [0.15, 0.2) is 11.0 Å². The van der Waals surface area contributed by atoms with E-state index in [4.69, 9.17) is 27.9 Å². The summed E-state index contributed by atoms with van der Waals surface area (Å²) in [5, 5.41) is 13.2. The van der Waals surface area contributed by atoms with Crippen molar-refractivity contribution in [1.82, 2.24) is 20.1 Å². The molecule has 1 N–H and O–H groups in total. The first-order valence-electron chi connectivity index (χ1n) is 8.69. The standard InChI is InChI=1S/C18H24Cl2N4O2S/c1-12(2)10-24-17(14-6-5-13(19)9-15(14)20)22-23-18(24)27-11-16(25)21-7-4-8-26-3/h5-6,9,12H,4,7-8,10-11H2,1-3H3,(H,21,25). The summed E-state index contributed by atoms with van der Waals surface area (Å²) in [4.78, 5) is 12.0. The molecule has 2 rings (SSSR count). The van der Waals surface area contributed by atoms with Crippen LogP contribution in [-0.4, -0.2) is 46.7 Å². The molecular formula is C18H24Cl2N4O2S. The molecule has 1 aromatic heterocycles. The SMILES string of the molecule is COCCCNC(=O)CSc1nnc(-c2ccc(Cl)cc2Cl)n1CC(C)C. The number of carbonyl (C=O) groups is 1. The molecule has 0 bridgehead atoms. The lowest BCUT2D eigenvalue weighted by molar-refractivity contribution is -0.118. The van der Waals surface area contributed by atoms with Gasteiger partial charge in [0.05, 0.1) is 10.8 Å². The van der Waals surface area contributed by atoms with E-state index in [0.29, 0.717) is 40.1 Å². The number of benzene rings is 1. The van der Waals surface area contributed by atoms with Crippen LogP contribution in [-0.2, 0) is 16.1 Å². The highest BCUT2D eigenvalue weighted by molar-refractivity contribution is 7.99. The zero-order valence-electron chi connectivity index (χ0n) is 15.7. The number of hydrogen-bond donors (Lipinski definition) is 1. The second kappa shape index (κ2) is 10.9. The van der Waals surface area contributed by atoms with Gasteiger partial charge < -0.3 is 14.6 Å². The average Bonchev–Trinajstić information content (AvgIpc) is 2.99. The number of methoxy groups -OCH3 is 1. The van der Waals surface area contributed by atoms with Crippen molar-refractivity contribution in [3.8, 4) is 11.4 Å². The van der Waals surface area contributed by atoms with E-state index in [0.717, 1.165) is 18.5 Å². The Bertz CT molecular complexity index is 768. The molecule has 0 atom stereocenters. The molecule has 1 heterocycles. The molecular weight excluding hydrogens is 407 g/mol. The lowest BCUT2D eigenvalue weighted by Crippen LogP contribution is -2.27. The largest absolute Gasteiger partial charge is 0.385 e. The van der Waals surface area contributed by atoms with Gasteiger partial charge in [-0.1, -0.05) is 48.8 Å². The average molecular weight is 431 g/mol. The van der Waals surface area contributed by atoms with Crippen LogP contribution in [0.3, 0.4) is 0 Å². The van der Waals surface area contributed by atoms with E-state index < -0.39 is 0 Å². The minimum atomic E-state index is -0.0405. The number of aromatic nitrogens is 3. The van der Waals surface area contributed by atoms with Crippen molar-refractivity contribution in [2.45, 2.75) is 32.0 Å². The predicted molar refractivity (Wildman–Crippen MR) is 111 cm³/mol. The van der Waals surface area contributed by atoms with Crippen molar-refractivity contribution in [3.05, 3.63) is 28.2 Å². The summed E-state index contributed by atoms with van der Waals surface area (Å²) < 4.78 is 6.97. The third-order valence-electron chi connectivity index (χ3n) is 3.62. The maximum Gasteiger partial charge on any atom is 0.230 e. The third kappa shape index (κ3) is 6.68. The fourth-order valence-corrected chi connectivity index (χ4v) is 3.69. The van der Waals surface area contributed by atoms with E-state index in [1.807, 2.05) is 10.6 Å². The van der Waals surface area contributed by atoms with Gasteiger partial charge in [-0.3, -0.25) is 4.79 Å². The summed E-state index contributed by atoms with van der Waals surface area (Å²) in [5.41, 5.74) is 0.769. The highest BCUT2D eigenvalue weighted by Gasteiger charge is 2.18. The van der Waals surface area contributed by atoms with Crippen molar-refractivity contribution >= 4 is 40.9 Å². The third-order valence-corrected chi connectivity index (χ3v) is 5.13. The fraction of sp³-hybridized carbons (Fsp3) is 0.500. The van der Waals surface area contributed by atoms with Crippen LogP contribution in [0.5, 0.6) is 0 Å². The summed E-state index contributed by atoms with van der Waals surface area (Å²) in [6.45, 7) is 6.17. The first kappa shape index (κ1) is 22.0. The van der Waals surface area contributed by atoms with Crippen molar-refractivity contribution in [2.24, 2.45) is 5.92 Å². The van der Waals surface area contributed by atoms with Gasteiger partial charge in [0.25, 0.3) is 0 Å². The molecule has 27 heavy (non-hydrogen) atoms. The first-order chi connectivity index (χ1) is 12.9. The van der Waals surface area contributed by atoms with Crippen LogP contribution >= 0.6 is 35.0 Å². The molecule has 0 radical (unpaired) electrons. The number of carbonyl (C=O) groups excluding carboxylic acids is 1. The number of ether oxygens (including phenoxy) is 1. The number of halogens is 2. The molecule has 0 aliphatic carbocycles. The summed E-state index contributed by atoms with van der Waals surface area (Å²) in [6.07, 6.45) is 0.787. The van der Waals surface area contributed by atoms with E-state index >= 15 is 0 Å². The summed E-state index contributed by atoms with van der Waals surface area (Å²) in [6, 6.07) is 5.30. The van der Waals surface area contributed by atoms with Crippen LogP contribution in [0.1, 0.15) is 20.3 Å². The van der Waals surface area contributed by atoms with E-state index in [2.05, 4.69) is 29.4 Å². The molecule has 0 spiro atoms. The predicted octanol–water partition coefficient (Wildman–Crippen LogP) is 4.15. The molecule has 0 aliphatic rings. The van der Waals surface area contributed by atoms with Crippen LogP contribution in [0, 0.1) is 5.92 Å². The highest BCUT2D eigenvalue weighted by Crippen LogP contribution is 2.31. The van der Waals surface area contributed by atoms with Gasteiger partial charge in [0.2, 0.25) is 5.91 Å². The second-order valence-corrected chi connectivity index (χ2v) is 8.21. The molecule has 0 fully saturated rings. The van der Waals surface area contributed by atoms with Gasteiger partial charge in [-0.15, -0.1) is 10.2 Å². The summed E-state index contributed by atoms with van der Waals surface area (Å²) >= 11 is 13.7. The lowest BCUT2D eigenvalue weighted by Gasteiger charge is -2.13. The van der Waals surface area contributed by atoms with E-state index in [-0.39, 0.29) is 11.7 Å². The Morgan fingerprint density at radius 2 is 2.11 bits per heavy atom. The molecule has 1 aromatic carbocycles. The van der Waals surface area contributed by atoms with Crippen LogP contribution in [0.25, 0.3) is 11.4 Å².